The number of carboxylic acids is 1. The fourth-order valence-electron chi connectivity index (χ4n) is 1.63. The van der Waals surface area contributed by atoms with E-state index in [1.165, 1.54) is 4.68 Å². The monoisotopic (exact) mass is 263 g/mol. The van der Waals surface area contributed by atoms with Crippen LogP contribution in [0.2, 0.25) is 5.02 Å². The van der Waals surface area contributed by atoms with Gasteiger partial charge in [0.25, 0.3) is 0 Å². The summed E-state index contributed by atoms with van der Waals surface area (Å²) in [5.74, 6) is -1.14. The SMILES string of the molecule is C=CCn1nnc(C(=O)O)c1-c1ccccc1Cl. The van der Waals surface area contributed by atoms with E-state index < -0.39 is 5.97 Å². The van der Waals surface area contributed by atoms with Gasteiger partial charge in [-0.3, -0.25) is 0 Å². The number of hydrogen-bond acceptors (Lipinski definition) is 3. The highest BCUT2D eigenvalue weighted by atomic mass is 35.5. The van der Waals surface area contributed by atoms with Gasteiger partial charge >= 0.3 is 5.97 Å². The Hall–Kier alpha value is -2.14. The number of carbonyl (C=O) groups is 1. The molecule has 0 aliphatic heterocycles. The van der Waals surface area contributed by atoms with Crippen molar-refractivity contribution in [2.45, 2.75) is 6.54 Å². The van der Waals surface area contributed by atoms with Crippen LogP contribution < -0.4 is 0 Å². The molecule has 0 atom stereocenters. The predicted octanol–water partition coefficient (Wildman–Crippen LogP) is 2.48. The summed E-state index contributed by atoms with van der Waals surface area (Å²) >= 11 is 6.08. The van der Waals surface area contributed by atoms with Crippen molar-refractivity contribution in [3.8, 4) is 11.3 Å². The van der Waals surface area contributed by atoms with E-state index in [1.807, 2.05) is 0 Å². The maximum Gasteiger partial charge on any atom is 0.358 e. The third-order valence-electron chi connectivity index (χ3n) is 2.37. The maximum absolute atomic E-state index is 11.1. The van der Waals surface area contributed by atoms with Gasteiger partial charge in [-0.1, -0.05) is 41.1 Å². The third-order valence-corrected chi connectivity index (χ3v) is 2.70. The van der Waals surface area contributed by atoms with Gasteiger partial charge in [-0.25, -0.2) is 9.48 Å². The van der Waals surface area contributed by atoms with E-state index in [1.54, 1.807) is 30.3 Å². The molecule has 0 bridgehead atoms. The van der Waals surface area contributed by atoms with Crippen LogP contribution in [0.1, 0.15) is 10.5 Å². The first-order valence-corrected chi connectivity index (χ1v) is 5.55. The molecule has 0 aliphatic rings. The number of carboxylic acid groups (broad SMARTS) is 1. The first-order valence-electron chi connectivity index (χ1n) is 5.17. The van der Waals surface area contributed by atoms with Gasteiger partial charge in [0.05, 0.1) is 11.6 Å². The fraction of sp³-hybridized carbons (Fsp3) is 0.0833. The lowest BCUT2D eigenvalue weighted by Crippen LogP contribution is -2.04. The van der Waals surface area contributed by atoms with Crippen LogP contribution in [0.15, 0.2) is 36.9 Å². The lowest BCUT2D eigenvalue weighted by Gasteiger charge is -2.06. The van der Waals surface area contributed by atoms with Gasteiger partial charge < -0.3 is 5.11 Å². The van der Waals surface area contributed by atoms with Crippen molar-refractivity contribution >= 4 is 17.6 Å². The van der Waals surface area contributed by atoms with Crippen LogP contribution in [-0.2, 0) is 6.54 Å². The Bertz CT molecular complexity index is 607. The van der Waals surface area contributed by atoms with E-state index in [9.17, 15) is 4.79 Å². The summed E-state index contributed by atoms with van der Waals surface area (Å²) in [5.41, 5.74) is 0.848. The van der Waals surface area contributed by atoms with Crippen molar-refractivity contribution < 1.29 is 9.90 Å². The number of hydrogen-bond donors (Lipinski definition) is 1. The molecule has 0 aliphatic carbocycles. The Morgan fingerprint density at radius 3 is 2.83 bits per heavy atom. The minimum atomic E-state index is -1.14. The topological polar surface area (TPSA) is 68.0 Å². The zero-order chi connectivity index (χ0) is 13.1. The van der Waals surface area contributed by atoms with Crippen molar-refractivity contribution in [2.75, 3.05) is 0 Å². The molecule has 6 heteroatoms. The summed E-state index contributed by atoms with van der Waals surface area (Å²) in [6.07, 6.45) is 1.61. The Balaban J connectivity index is 2.67. The normalized spacial score (nSPS) is 10.3. The van der Waals surface area contributed by atoms with E-state index in [0.717, 1.165) is 0 Å². The van der Waals surface area contributed by atoms with Gasteiger partial charge in [0.1, 0.15) is 5.69 Å². The second-order valence-corrected chi connectivity index (χ2v) is 3.95. The molecule has 0 saturated heterocycles. The van der Waals surface area contributed by atoms with Gasteiger partial charge in [-0.05, 0) is 6.07 Å². The van der Waals surface area contributed by atoms with Crippen LogP contribution in [0.4, 0.5) is 0 Å². The van der Waals surface area contributed by atoms with Crippen molar-refractivity contribution in [3.63, 3.8) is 0 Å². The molecule has 2 aromatic rings. The van der Waals surface area contributed by atoms with Crippen molar-refractivity contribution in [2.24, 2.45) is 0 Å². The zero-order valence-electron chi connectivity index (χ0n) is 9.38. The predicted molar refractivity (Wildman–Crippen MR) is 67.6 cm³/mol. The third kappa shape index (κ3) is 2.12. The summed E-state index contributed by atoms with van der Waals surface area (Å²) in [6, 6.07) is 6.97. The number of benzene rings is 1. The Morgan fingerprint density at radius 2 is 2.22 bits per heavy atom. The lowest BCUT2D eigenvalue weighted by molar-refractivity contribution is 0.0691. The molecule has 0 spiro atoms. The zero-order valence-corrected chi connectivity index (χ0v) is 10.1. The molecule has 1 aromatic heterocycles. The molecule has 0 fully saturated rings. The number of aromatic nitrogens is 3. The van der Waals surface area contributed by atoms with Gasteiger partial charge in [0.15, 0.2) is 5.69 Å². The molecule has 18 heavy (non-hydrogen) atoms. The van der Waals surface area contributed by atoms with Crippen molar-refractivity contribution in [3.05, 3.63) is 47.6 Å². The highest BCUT2D eigenvalue weighted by Crippen LogP contribution is 2.29. The number of aromatic carboxylic acids is 1. The summed E-state index contributed by atoms with van der Waals surface area (Å²) in [6.45, 7) is 3.96. The first kappa shape index (κ1) is 12.3. The molecule has 0 amide bonds. The smallest absolute Gasteiger partial charge is 0.358 e. The molecule has 0 radical (unpaired) electrons. The summed E-state index contributed by atoms with van der Waals surface area (Å²) in [4.78, 5) is 11.1. The van der Waals surface area contributed by atoms with E-state index in [2.05, 4.69) is 16.9 Å². The number of halogens is 1. The average molecular weight is 264 g/mol. The van der Waals surface area contributed by atoms with Crippen molar-refractivity contribution in [1.29, 1.82) is 0 Å². The molecule has 1 N–H and O–H groups in total. The standard InChI is InChI=1S/C12H10ClN3O2/c1-2-7-16-11(10(12(17)18)14-15-16)8-5-3-4-6-9(8)13/h2-6H,1,7H2,(H,17,18). The Labute approximate surface area is 108 Å². The average Bonchev–Trinajstić information content (AvgIpc) is 2.74. The molecule has 1 heterocycles. The summed E-state index contributed by atoms with van der Waals surface area (Å²) < 4.78 is 1.46. The van der Waals surface area contributed by atoms with Crippen molar-refractivity contribution in [1.82, 2.24) is 15.0 Å². The highest BCUT2D eigenvalue weighted by molar-refractivity contribution is 6.33. The number of rotatable bonds is 4. The van der Waals surface area contributed by atoms with Gasteiger partial charge in [0, 0.05) is 5.56 Å². The van der Waals surface area contributed by atoms with Crippen LogP contribution >= 0.6 is 11.6 Å². The molecule has 0 unspecified atom stereocenters. The van der Waals surface area contributed by atoms with E-state index >= 15 is 0 Å². The highest BCUT2D eigenvalue weighted by Gasteiger charge is 2.21. The van der Waals surface area contributed by atoms with Crippen LogP contribution in [0.5, 0.6) is 0 Å². The van der Waals surface area contributed by atoms with E-state index in [4.69, 9.17) is 16.7 Å². The quantitative estimate of drug-likeness (QED) is 0.861. The molecule has 92 valence electrons. The minimum absolute atomic E-state index is 0.120. The van der Waals surface area contributed by atoms with Gasteiger partial charge in [0.2, 0.25) is 0 Å². The van der Waals surface area contributed by atoms with Crippen LogP contribution in [-0.4, -0.2) is 26.1 Å². The van der Waals surface area contributed by atoms with E-state index in [0.29, 0.717) is 22.8 Å². The lowest BCUT2D eigenvalue weighted by atomic mass is 10.1. The minimum Gasteiger partial charge on any atom is -0.476 e. The van der Waals surface area contributed by atoms with Gasteiger partial charge in [-0.15, -0.1) is 11.7 Å². The molecule has 2 rings (SSSR count). The number of nitrogens with zero attached hydrogens (tertiary/aromatic N) is 3. The Morgan fingerprint density at radius 1 is 1.50 bits per heavy atom. The first-order chi connectivity index (χ1) is 8.65. The molecule has 0 saturated carbocycles. The number of allylic oxidation sites excluding steroid dienone is 1. The largest absolute Gasteiger partial charge is 0.476 e. The molecule has 1 aromatic carbocycles. The molecular formula is C12H10ClN3O2. The van der Waals surface area contributed by atoms with Crippen LogP contribution in [0.3, 0.4) is 0 Å². The van der Waals surface area contributed by atoms with Gasteiger partial charge in [-0.2, -0.15) is 0 Å². The van der Waals surface area contributed by atoms with Crippen LogP contribution in [0.25, 0.3) is 11.3 Å². The van der Waals surface area contributed by atoms with E-state index in [-0.39, 0.29) is 5.69 Å². The fourth-order valence-corrected chi connectivity index (χ4v) is 1.85. The second-order valence-electron chi connectivity index (χ2n) is 3.54. The maximum atomic E-state index is 11.1. The Kier molecular flexibility index (Phi) is 3.43. The summed E-state index contributed by atoms with van der Waals surface area (Å²) in [7, 11) is 0. The molecule has 5 nitrogen and oxygen atoms in total. The summed E-state index contributed by atoms with van der Waals surface area (Å²) in [5, 5.41) is 17.0. The van der Waals surface area contributed by atoms with Crippen LogP contribution in [0, 0.1) is 0 Å². The molecular weight excluding hydrogens is 254 g/mol. The second kappa shape index (κ2) is 5.01.